The fourth-order valence-corrected chi connectivity index (χ4v) is 2.96. The van der Waals surface area contributed by atoms with Crippen molar-refractivity contribution in [3.63, 3.8) is 0 Å². The van der Waals surface area contributed by atoms with Crippen LogP contribution in [0.2, 0.25) is 0 Å². The van der Waals surface area contributed by atoms with Gasteiger partial charge in [0.05, 0.1) is 30.8 Å². The third-order valence-electron chi connectivity index (χ3n) is 4.17. The largest absolute Gasteiger partial charge is 0.394 e. The van der Waals surface area contributed by atoms with E-state index in [9.17, 15) is 4.79 Å². The van der Waals surface area contributed by atoms with Crippen molar-refractivity contribution < 1.29 is 14.5 Å². The lowest BCUT2D eigenvalue weighted by molar-refractivity contribution is -0.504. The Morgan fingerprint density at radius 1 is 1.44 bits per heavy atom. The van der Waals surface area contributed by atoms with E-state index in [4.69, 9.17) is 10.8 Å². The number of aliphatic hydroxyl groups is 1. The molecule has 0 atom stereocenters. The van der Waals surface area contributed by atoms with Crippen LogP contribution >= 0.6 is 0 Å². The van der Waals surface area contributed by atoms with Crippen LogP contribution in [0.5, 0.6) is 0 Å². The second kappa shape index (κ2) is 7.43. The van der Waals surface area contributed by atoms with Crippen molar-refractivity contribution >= 4 is 28.8 Å². The number of hydrogen-bond acceptors (Lipinski definition) is 5. The maximum absolute atomic E-state index is 11.6. The number of anilines is 1. The highest BCUT2D eigenvalue weighted by molar-refractivity contribution is 6.21. The van der Waals surface area contributed by atoms with Gasteiger partial charge in [0, 0.05) is 31.9 Å². The highest BCUT2D eigenvalue weighted by Crippen LogP contribution is 2.23. The summed E-state index contributed by atoms with van der Waals surface area (Å²) in [6.07, 6.45) is 9.74. The van der Waals surface area contributed by atoms with Crippen LogP contribution in [0.15, 0.2) is 35.1 Å². The van der Waals surface area contributed by atoms with Crippen LogP contribution in [-0.2, 0) is 11.3 Å². The number of aliphatic hydroxyl groups excluding tert-OH is 1. The first-order valence-corrected chi connectivity index (χ1v) is 8.39. The second-order valence-electron chi connectivity index (χ2n) is 6.05. The molecule has 1 amide bonds. The summed E-state index contributed by atoms with van der Waals surface area (Å²) in [6.45, 7) is 3.79. The summed E-state index contributed by atoms with van der Waals surface area (Å²) in [7, 11) is 0. The summed E-state index contributed by atoms with van der Waals surface area (Å²) in [4.78, 5) is 16.1. The first-order valence-electron chi connectivity index (χ1n) is 8.39. The van der Waals surface area contributed by atoms with E-state index in [1.54, 1.807) is 6.20 Å². The number of nitrogens with one attached hydrogen (secondary N) is 1. The molecule has 3 rings (SSSR count). The zero-order valence-electron chi connectivity index (χ0n) is 14.3. The first-order chi connectivity index (χ1) is 12.1. The van der Waals surface area contributed by atoms with Crippen LogP contribution in [0.25, 0.3) is 0 Å². The maximum Gasteiger partial charge on any atom is 0.221 e. The van der Waals surface area contributed by atoms with Gasteiger partial charge in [0.15, 0.2) is 0 Å². The zero-order chi connectivity index (χ0) is 17.8. The number of nitrogens with zero attached hydrogens (tertiary/aromatic N) is 4. The normalized spacial score (nSPS) is 18.8. The number of nitrogen functional groups attached to an aromatic ring is 1. The molecule has 0 spiro atoms. The van der Waals surface area contributed by atoms with Crippen LogP contribution in [0.1, 0.15) is 19.8 Å². The lowest BCUT2D eigenvalue weighted by atomic mass is 10.1. The Balaban J connectivity index is 1.94. The van der Waals surface area contributed by atoms with Gasteiger partial charge in [-0.2, -0.15) is 5.10 Å². The van der Waals surface area contributed by atoms with E-state index in [1.807, 2.05) is 18.2 Å². The second-order valence-corrected chi connectivity index (χ2v) is 6.05. The first kappa shape index (κ1) is 17.1. The summed E-state index contributed by atoms with van der Waals surface area (Å²) >= 11 is 0. The van der Waals surface area contributed by atoms with Gasteiger partial charge in [-0.1, -0.05) is 0 Å². The van der Waals surface area contributed by atoms with E-state index in [0.29, 0.717) is 29.5 Å². The number of amides is 1. The molecule has 2 heterocycles. The molecule has 2 aliphatic rings. The Kier molecular flexibility index (Phi) is 5.08. The number of aliphatic imine (C=N–C) groups is 1. The molecular weight excluding hydrogens is 320 g/mol. The molecule has 8 heteroatoms. The molecule has 0 unspecified atom stereocenters. The minimum absolute atomic E-state index is 0.0486. The smallest absolute Gasteiger partial charge is 0.221 e. The molecule has 1 aliphatic carbocycles. The number of aromatic nitrogens is 2. The Hall–Kier alpha value is -2.74. The Bertz CT molecular complexity index is 792. The highest BCUT2D eigenvalue weighted by atomic mass is 16.3. The molecule has 1 aliphatic heterocycles. The summed E-state index contributed by atoms with van der Waals surface area (Å²) in [5.41, 5.74) is 8.86. The van der Waals surface area contributed by atoms with E-state index in [2.05, 4.69) is 20.0 Å². The van der Waals surface area contributed by atoms with Crippen LogP contribution in [-0.4, -0.2) is 56.5 Å². The van der Waals surface area contributed by atoms with Crippen molar-refractivity contribution in [1.29, 1.82) is 0 Å². The Morgan fingerprint density at radius 3 is 2.88 bits per heavy atom. The van der Waals surface area contributed by atoms with Crippen molar-refractivity contribution in [2.75, 3.05) is 25.4 Å². The summed E-state index contributed by atoms with van der Waals surface area (Å²) in [5, 5.41) is 16.0. The standard InChI is InChI=1S/C17H22N6O2/c1-12(25)20-15-10-13(22-6-2-3-7-22)4-5-14(15)21-16-11-19-23(8-9-24)17(16)18/h4-5,10-11,24H,2-3,6-9H2,1H3,(H2,18,19,20,25)/p+1. The molecule has 1 saturated heterocycles. The van der Waals surface area contributed by atoms with E-state index in [1.165, 1.54) is 24.4 Å². The van der Waals surface area contributed by atoms with Gasteiger partial charge in [-0.05, 0) is 6.08 Å². The minimum Gasteiger partial charge on any atom is -0.394 e. The number of carbonyl (C=O) groups excluding carboxylic acids is 1. The molecule has 0 aromatic carbocycles. The molecular formula is C17H23N6O2+. The zero-order valence-corrected chi connectivity index (χ0v) is 14.3. The third-order valence-corrected chi connectivity index (χ3v) is 4.17. The van der Waals surface area contributed by atoms with E-state index >= 15 is 0 Å². The molecule has 8 nitrogen and oxygen atoms in total. The number of rotatable bonds is 4. The minimum atomic E-state index is -0.154. The molecule has 132 valence electrons. The summed E-state index contributed by atoms with van der Waals surface area (Å²) in [6, 6.07) is 0. The van der Waals surface area contributed by atoms with Gasteiger partial charge in [0.1, 0.15) is 24.6 Å². The number of carbonyl (C=O) groups is 1. The monoisotopic (exact) mass is 343 g/mol. The molecule has 1 aromatic heterocycles. The number of nitrogens with two attached hydrogens (primary N) is 1. The van der Waals surface area contributed by atoms with Crippen molar-refractivity contribution in [3.8, 4) is 0 Å². The Labute approximate surface area is 146 Å². The van der Waals surface area contributed by atoms with Crippen molar-refractivity contribution in [2.24, 2.45) is 4.99 Å². The van der Waals surface area contributed by atoms with Crippen LogP contribution < -0.4 is 11.1 Å². The fraction of sp³-hybridized carbons (Fsp3) is 0.412. The highest BCUT2D eigenvalue weighted by Gasteiger charge is 2.22. The van der Waals surface area contributed by atoms with Gasteiger partial charge in [0.2, 0.25) is 11.6 Å². The van der Waals surface area contributed by atoms with Crippen LogP contribution in [0, 0.1) is 0 Å². The van der Waals surface area contributed by atoms with Crippen molar-refractivity contribution in [3.05, 3.63) is 30.1 Å². The molecule has 4 N–H and O–H groups in total. The van der Waals surface area contributed by atoms with Crippen LogP contribution in [0.4, 0.5) is 11.5 Å². The predicted octanol–water partition coefficient (Wildman–Crippen LogP) is 0.367. The van der Waals surface area contributed by atoms with E-state index in [-0.39, 0.29) is 12.5 Å². The van der Waals surface area contributed by atoms with Gasteiger partial charge >= 0.3 is 0 Å². The number of allylic oxidation sites excluding steroid dienone is 3. The number of hydrogen-bond donors (Lipinski definition) is 3. The van der Waals surface area contributed by atoms with Gasteiger partial charge < -0.3 is 16.2 Å². The SMILES string of the molecule is CC(=O)NC1=CC(=[N+]2CCCC2)C=C/C1=N/c1cnn(CCO)c1N. The van der Waals surface area contributed by atoms with Gasteiger partial charge in [-0.15, -0.1) is 0 Å². The van der Waals surface area contributed by atoms with Gasteiger partial charge in [0.25, 0.3) is 0 Å². The van der Waals surface area contributed by atoms with Gasteiger partial charge in [-0.3, -0.25) is 4.79 Å². The molecule has 0 bridgehead atoms. The van der Waals surface area contributed by atoms with E-state index < -0.39 is 0 Å². The van der Waals surface area contributed by atoms with E-state index in [0.717, 1.165) is 18.8 Å². The average molecular weight is 343 g/mol. The lowest BCUT2D eigenvalue weighted by Crippen LogP contribution is -2.28. The molecule has 1 aromatic rings. The molecule has 0 saturated carbocycles. The van der Waals surface area contributed by atoms with Gasteiger partial charge in [-0.25, -0.2) is 14.2 Å². The summed E-state index contributed by atoms with van der Waals surface area (Å²) < 4.78 is 3.79. The average Bonchev–Trinajstić information content (AvgIpc) is 3.22. The topological polar surface area (TPSA) is 109 Å². The fourth-order valence-electron chi connectivity index (χ4n) is 2.96. The van der Waals surface area contributed by atoms with Crippen molar-refractivity contribution in [2.45, 2.75) is 26.3 Å². The third kappa shape index (κ3) is 3.85. The van der Waals surface area contributed by atoms with Crippen LogP contribution in [0.3, 0.4) is 0 Å². The lowest BCUT2D eigenvalue weighted by Gasteiger charge is -2.12. The molecule has 0 radical (unpaired) electrons. The maximum atomic E-state index is 11.6. The quantitative estimate of drug-likeness (QED) is 0.542. The molecule has 25 heavy (non-hydrogen) atoms. The Morgan fingerprint density at radius 2 is 2.20 bits per heavy atom. The van der Waals surface area contributed by atoms with Crippen molar-refractivity contribution in [1.82, 2.24) is 15.1 Å². The molecule has 1 fully saturated rings. The summed E-state index contributed by atoms with van der Waals surface area (Å²) in [5.74, 6) is 0.227. The predicted molar refractivity (Wildman–Crippen MR) is 96.1 cm³/mol.